The maximum atomic E-state index is 3.73. The molecule has 88 valence electrons. The molecule has 2 unspecified atom stereocenters. The molecule has 0 aromatic rings. The number of hydrogen-bond donors (Lipinski definition) is 1. The van der Waals surface area contributed by atoms with Crippen LogP contribution in [0.25, 0.3) is 0 Å². The van der Waals surface area contributed by atoms with Crippen molar-refractivity contribution in [3.05, 3.63) is 0 Å². The van der Waals surface area contributed by atoms with Gasteiger partial charge in [-0.15, -0.1) is 0 Å². The lowest BCUT2D eigenvalue weighted by molar-refractivity contribution is 0.443. The minimum Gasteiger partial charge on any atom is -0.313 e. The van der Waals surface area contributed by atoms with E-state index < -0.39 is 0 Å². The minimum absolute atomic E-state index is 0.804. The van der Waals surface area contributed by atoms with Crippen molar-refractivity contribution in [2.24, 2.45) is 5.92 Å². The Kier molecular flexibility index (Phi) is 4.83. The Morgan fingerprint density at radius 1 is 1.20 bits per heavy atom. The predicted molar refractivity (Wildman–Crippen MR) is 69.5 cm³/mol. The summed E-state index contributed by atoms with van der Waals surface area (Å²) in [7, 11) is 0. The molecule has 1 nitrogen and oxygen atoms in total. The second-order valence-electron chi connectivity index (χ2n) is 5.22. The summed E-state index contributed by atoms with van der Waals surface area (Å²) in [5.41, 5.74) is 0. The Labute approximate surface area is 98.8 Å². The van der Waals surface area contributed by atoms with Gasteiger partial charge in [0.15, 0.2) is 0 Å². The van der Waals surface area contributed by atoms with Gasteiger partial charge in [-0.2, -0.15) is 11.8 Å². The van der Waals surface area contributed by atoms with Gasteiger partial charge in [0, 0.05) is 11.3 Å². The van der Waals surface area contributed by atoms with Crippen LogP contribution < -0.4 is 5.32 Å². The normalized spacial score (nSPS) is 32.6. The van der Waals surface area contributed by atoms with Crippen molar-refractivity contribution in [1.29, 1.82) is 0 Å². The first-order valence-electron chi connectivity index (χ1n) is 6.71. The smallest absolute Gasteiger partial charge is 0.0191 e. The summed E-state index contributed by atoms with van der Waals surface area (Å²) in [5.74, 6) is 2.43. The Balaban J connectivity index is 1.51. The third-order valence-corrected chi connectivity index (χ3v) is 5.37. The van der Waals surface area contributed by atoms with Crippen LogP contribution in [0.5, 0.6) is 0 Å². The first kappa shape index (κ1) is 11.8. The average molecular weight is 227 g/mol. The largest absolute Gasteiger partial charge is 0.313 e. The van der Waals surface area contributed by atoms with Crippen LogP contribution in [0.3, 0.4) is 0 Å². The zero-order valence-corrected chi connectivity index (χ0v) is 10.8. The lowest BCUT2D eigenvalue weighted by atomic mass is 10.0. The molecule has 0 bridgehead atoms. The molecule has 1 saturated carbocycles. The van der Waals surface area contributed by atoms with Gasteiger partial charge in [0.1, 0.15) is 0 Å². The van der Waals surface area contributed by atoms with Gasteiger partial charge in [-0.1, -0.05) is 32.6 Å². The highest BCUT2D eigenvalue weighted by atomic mass is 32.2. The van der Waals surface area contributed by atoms with E-state index in [2.05, 4.69) is 24.0 Å². The fourth-order valence-corrected chi connectivity index (χ4v) is 4.20. The second-order valence-corrected chi connectivity index (χ2v) is 6.70. The number of hydrogen-bond acceptors (Lipinski definition) is 2. The molecule has 0 aromatic carbocycles. The quantitative estimate of drug-likeness (QED) is 0.722. The summed E-state index contributed by atoms with van der Waals surface area (Å²) < 4.78 is 0. The molecule has 1 aliphatic carbocycles. The van der Waals surface area contributed by atoms with Crippen molar-refractivity contribution >= 4 is 11.8 Å². The van der Waals surface area contributed by atoms with E-state index >= 15 is 0 Å². The van der Waals surface area contributed by atoms with E-state index in [1.165, 1.54) is 57.2 Å². The summed E-state index contributed by atoms with van der Waals surface area (Å²) in [5, 5.41) is 4.58. The van der Waals surface area contributed by atoms with E-state index in [-0.39, 0.29) is 0 Å². The molecule has 2 fully saturated rings. The summed E-state index contributed by atoms with van der Waals surface area (Å²) in [4.78, 5) is 0. The predicted octanol–water partition coefficient (Wildman–Crippen LogP) is 3.44. The van der Waals surface area contributed by atoms with Crippen molar-refractivity contribution in [3.63, 3.8) is 0 Å². The van der Waals surface area contributed by atoms with Crippen molar-refractivity contribution in [1.82, 2.24) is 5.32 Å². The number of nitrogens with one attached hydrogen (secondary N) is 1. The molecule has 2 aliphatic rings. The molecule has 15 heavy (non-hydrogen) atoms. The topological polar surface area (TPSA) is 12.0 Å². The number of rotatable bonds is 5. The lowest BCUT2D eigenvalue weighted by Crippen LogP contribution is -2.34. The van der Waals surface area contributed by atoms with Gasteiger partial charge in [-0.05, 0) is 37.5 Å². The monoisotopic (exact) mass is 227 g/mol. The van der Waals surface area contributed by atoms with E-state index in [0.717, 1.165) is 17.2 Å². The molecular weight excluding hydrogens is 202 g/mol. The highest BCUT2D eigenvalue weighted by molar-refractivity contribution is 8.00. The van der Waals surface area contributed by atoms with E-state index in [1.54, 1.807) is 0 Å². The Morgan fingerprint density at radius 2 is 2.00 bits per heavy atom. The molecule has 0 amide bonds. The van der Waals surface area contributed by atoms with Gasteiger partial charge in [0.05, 0.1) is 0 Å². The van der Waals surface area contributed by atoms with Crippen LogP contribution >= 0.6 is 11.8 Å². The van der Waals surface area contributed by atoms with Gasteiger partial charge in [0.25, 0.3) is 0 Å². The molecule has 1 saturated heterocycles. The highest BCUT2D eigenvalue weighted by Crippen LogP contribution is 2.29. The van der Waals surface area contributed by atoms with Crippen molar-refractivity contribution < 1.29 is 0 Å². The highest BCUT2D eigenvalue weighted by Gasteiger charge is 2.23. The fraction of sp³-hybridized carbons (Fsp3) is 1.00. The Hall–Kier alpha value is 0.310. The van der Waals surface area contributed by atoms with Crippen LogP contribution in [0.2, 0.25) is 0 Å². The molecule has 1 aliphatic heterocycles. The lowest BCUT2D eigenvalue weighted by Gasteiger charge is -2.17. The van der Waals surface area contributed by atoms with Gasteiger partial charge >= 0.3 is 0 Å². The summed E-state index contributed by atoms with van der Waals surface area (Å²) in [6, 6.07) is 0.804. The van der Waals surface area contributed by atoms with Crippen LogP contribution in [-0.2, 0) is 0 Å². The molecular formula is C13H25NS. The van der Waals surface area contributed by atoms with Gasteiger partial charge in [-0.3, -0.25) is 0 Å². The zero-order valence-electron chi connectivity index (χ0n) is 10.0. The van der Waals surface area contributed by atoms with Gasteiger partial charge in [0.2, 0.25) is 0 Å². The second kappa shape index (κ2) is 6.15. The molecule has 2 heteroatoms. The van der Waals surface area contributed by atoms with Crippen molar-refractivity contribution in [3.8, 4) is 0 Å². The molecule has 1 N–H and O–H groups in total. The van der Waals surface area contributed by atoms with Crippen molar-refractivity contribution in [2.45, 2.75) is 63.2 Å². The van der Waals surface area contributed by atoms with Crippen LogP contribution in [0.4, 0.5) is 0 Å². The molecule has 2 rings (SSSR count). The first-order chi connectivity index (χ1) is 7.36. The fourth-order valence-electron chi connectivity index (χ4n) is 2.98. The standard InChI is InChI=1S/C13H25NS/c1-11-13(8-10-15-11)14-9-4-7-12-5-2-3-6-12/h11-14H,2-10H2,1H3. The number of thioether (sulfide) groups is 1. The Bertz CT molecular complexity index is 177. The van der Waals surface area contributed by atoms with Crippen LogP contribution in [-0.4, -0.2) is 23.6 Å². The minimum atomic E-state index is 0.804. The average Bonchev–Trinajstić information content (AvgIpc) is 2.85. The maximum absolute atomic E-state index is 3.73. The summed E-state index contributed by atoms with van der Waals surface area (Å²) in [6.45, 7) is 3.62. The maximum Gasteiger partial charge on any atom is 0.0191 e. The zero-order chi connectivity index (χ0) is 10.5. The third kappa shape index (κ3) is 3.67. The SMILES string of the molecule is CC1SCCC1NCCCC1CCCC1. The molecule has 1 heterocycles. The molecule has 0 spiro atoms. The van der Waals surface area contributed by atoms with E-state index in [0.29, 0.717) is 0 Å². The molecule has 2 atom stereocenters. The van der Waals surface area contributed by atoms with Crippen molar-refractivity contribution in [2.75, 3.05) is 12.3 Å². The van der Waals surface area contributed by atoms with E-state index in [4.69, 9.17) is 0 Å². The van der Waals surface area contributed by atoms with Gasteiger partial charge < -0.3 is 5.32 Å². The molecule has 0 radical (unpaired) electrons. The van der Waals surface area contributed by atoms with Crippen LogP contribution in [0.15, 0.2) is 0 Å². The Morgan fingerprint density at radius 3 is 2.67 bits per heavy atom. The first-order valence-corrected chi connectivity index (χ1v) is 7.76. The molecule has 0 aromatic heterocycles. The van der Waals surface area contributed by atoms with Gasteiger partial charge in [-0.25, -0.2) is 0 Å². The van der Waals surface area contributed by atoms with E-state index in [1.807, 2.05) is 0 Å². The van der Waals surface area contributed by atoms with Crippen LogP contribution in [0, 0.1) is 5.92 Å². The summed E-state index contributed by atoms with van der Waals surface area (Å²) in [6.07, 6.45) is 10.3. The van der Waals surface area contributed by atoms with E-state index in [9.17, 15) is 0 Å². The summed E-state index contributed by atoms with van der Waals surface area (Å²) >= 11 is 2.13. The third-order valence-electron chi connectivity index (χ3n) is 4.05. The van der Waals surface area contributed by atoms with Crippen LogP contribution in [0.1, 0.15) is 51.9 Å².